The highest BCUT2D eigenvalue weighted by Crippen LogP contribution is 1.96. The van der Waals surface area contributed by atoms with Crippen molar-refractivity contribution >= 4 is 5.97 Å². The molecule has 0 aromatic heterocycles. The molecule has 0 saturated heterocycles. The van der Waals surface area contributed by atoms with Gasteiger partial charge in [0.25, 0.3) is 0 Å². The maximum atomic E-state index is 10.1. The summed E-state index contributed by atoms with van der Waals surface area (Å²) in [4.78, 5) is 10.1. The third-order valence-corrected chi connectivity index (χ3v) is 1.29. The lowest BCUT2D eigenvalue weighted by atomic mass is 10.1. The van der Waals surface area contributed by atoms with Crippen molar-refractivity contribution in [3.63, 3.8) is 0 Å². The van der Waals surface area contributed by atoms with Gasteiger partial charge in [0.15, 0.2) is 0 Å². The molecule has 5 N–H and O–H groups in total. The van der Waals surface area contributed by atoms with Gasteiger partial charge in [0, 0.05) is 0 Å². The third kappa shape index (κ3) is 9.39. The minimum absolute atomic E-state index is 0. The van der Waals surface area contributed by atoms with E-state index in [-0.39, 0.29) is 14.9 Å². The Morgan fingerprint density at radius 1 is 1.33 bits per heavy atom. The number of hydrogen-bond acceptors (Lipinski definition) is 3. The minimum Gasteiger partial charge on any atom is -0.480 e. The van der Waals surface area contributed by atoms with Crippen molar-refractivity contribution in [1.82, 2.24) is 0 Å². The summed E-state index contributed by atoms with van der Waals surface area (Å²) in [5.74, 6) is -0.933. The molecule has 0 fully saturated rings. The molecule has 12 heavy (non-hydrogen) atoms. The van der Waals surface area contributed by atoms with Crippen LogP contribution in [0.4, 0.5) is 0 Å². The summed E-state index contributed by atoms with van der Waals surface area (Å²) in [6.45, 7) is 0.604. The maximum absolute atomic E-state index is 10.1. The van der Waals surface area contributed by atoms with E-state index in [1.807, 2.05) is 0 Å². The Morgan fingerprint density at radius 2 is 1.83 bits per heavy atom. The predicted molar refractivity (Wildman–Crippen MR) is 52.0 cm³/mol. The van der Waals surface area contributed by atoms with Crippen molar-refractivity contribution in [2.24, 2.45) is 11.5 Å². The van der Waals surface area contributed by atoms with E-state index in [9.17, 15) is 4.79 Å². The van der Waals surface area contributed by atoms with Crippen LogP contribution in [0.25, 0.3) is 0 Å². The number of carboxylic acid groups (broad SMARTS) is 1. The molecule has 0 aromatic rings. The van der Waals surface area contributed by atoms with Crippen LogP contribution in [0.1, 0.15) is 34.1 Å². The maximum Gasteiger partial charge on any atom is 0.320 e. The molecule has 0 aliphatic heterocycles. The standard InChI is InChI=1S/C6H14N2O2.2CH4/c7-4-2-1-3-5(8)6(9)10;;/h5H,1-4,7-8H2,(H,9,10);2*1H4. The van der Waals surface area contributed by atoms with E-state index >= 15 is 0 Å². The second-order valence-electron chi connectivity index (χ2n) is 2.23. The lowest BCUT2D eigenvalue weighted by Gasteiger charge is -2.03. The highest BCUT2D eigenvalue weighted by atomic mass is 16.4. The van der Waals surface area contributed by atoms with Gasteiger partial charge < -0.3 is 16.6 Å². The third-order valence-electron chi connectivity index (χ3n) is 1.29. The van der Waals surface area contributed by atoms with Crippen LogP contribution in [0.15, 0.2) is 0 Å². The van der Waals surface area contributed by atoms with E-state index in [2.05, 4.69) is 0 Å². The fraction of sp³-hybridized carbons (Fsp3) is 0.875. The predicted octanol–water partition coefficient (Wildman–Crippen LogP) is 0.800. The largest absolute Gasteiger partial charge is 0.480 e. The summed E-state index contributed by atoms with van der Waals surface area (Å²) in [5, 5.41) is 8.33. The first kappa shape index (κ1) is 17.5. The molecular weight excluding hydrogens is 156 g/mol. The highest BCUT2D eigenvalue weighted by molar-refractivity contribution is 5.72. The van der Waals surface area contributed by atoms with Crippen molar-refractivity contribution in [3.05, 3.63) is 0 Å². The van der Waals surface area contributed by atoms with Crippen LogP contribution < -0.4 is 11.5 Å². The van der Waals surface area contributed by atoms with E-state index in [0.29, 0.717) is 13.0 Å². The van der Waals surface area contributed by atoms with Gasteiger partial charge in [0.05, 0.1) is 0 Å². The number of carbonyl (C=O) groups is 1. The topological polar surface area (TPSA) is 89.3 Å². The van der Waals surface area contributed by atoms with E-state index in [1.54, 1.807) is 0 Å². The molecule has 76 valence electrons. The number of hydrogen-bond donors (Lipinski definition) is 3. The molecule has 0 rings (SSSR count). The average molecular weight is 178 g/mol. The molecule has 0 saturated carbocycles. The summed E-state index contributed by atoms with van der Waals surface area (Å²) in [5.41, 5.74) is 10.4. The summed E-state index contributed by atoms with van der Waals surface area (Å²) in [7, 11) is 0. The molecule has 0 amide bonds. The van der Waals surface area contributed by atoms with Crippen LogP contribution in [0, 0.1) is 0 Å². The van der Waals surface area contributed by atoms with Gasteiger partial charge in [-0.05, 0) is 19.4 Å². The van der Waals surface area contributed by atoms with E-state index in [0.717, 1.165) is 12.8 Å². The zero-order chi connectivity index (χ0) is 7.98. The van der Waals surface area contributed by atoms with Gasteiger partial charge in [-0.3, -0.25) is 4.79 Å². The van der Waals surface area contributed by atoms with Crippen molar-refractivity contribution in [2.45, 2.75) is 40.2 Å². The molecule has 0 radical (unpaired) electrons. The first-order chi connectivity index (χ1) is 4.68. The van der Waals surface area contributed by atoms with Crippen molar-refractivity contribution in [3.8, 4) is 0 Å². The van der Waals surface area contributed by atoms with Crippen molar-refractivity contribution < 1.29 is 9.90 Å². The molecule has 1 unspecified atom stereocenters. The van der Waals surface area contributed by atoms with E-state index < -0.39 is 12.0 Å². The van der Waals surface area contributed by atoms with Gasteiger partial charge in [-0.1, -0.05) is 21.3 Å². The van der Waals surface area contributed by atoms with Gasteiger partial charge in [0.1, 0.15) is 6.04 Å². The summed E-state index contributed by atoms with van der Waals surface area (Å²) in [6.07, 6.45) is 2.16. The first-order valence-electron chi connectivity index (χ1n) is 3.37. The molecule has 0 aliphatic rings. The monoisotopic (exact) mass is 178 g/mol. The molecule has 4 heteroatoms. The first-order valence-corrected chi connectivity index (χ1v) is 3.37. The number of carboxylic acids is 1. The van der Waals surface area contributed by atoms with Gasteiger partial charge in [-0.15, -0.1) is 0 Å². The lowest BCUT2D eigenvalue weighted by molar-refractivity contribution is -0.138. The number of aliphatic carboxylic acids is 1. The Bertz CT molecular complexity index is 107. The second-order valence-corrected chi connectivity index (χ2v) is 2.23. The Morgan fingerprint density at radius 3 is 2.17 bits per heavy atom. The normalized spacial score (nSPS) is 10.8. The van der Waals surface area contributed by atoms with Crippen LogP contribution in [-0.4, -0.2) is 23.7 Å². The zero-order valence-corrected chi connectivity index (χ0v) is 5.92. The van der Waals surface area contributed by atoms with Crippen molar-refractivity contribution in [2.75, 3.05) is 6.54 Å². The summed E-state index contributed by atoms with van der Waals surface area (Å²) >= 11 is 0. The van der Waals surface area contributed by atoms with Gasteiger partial charge in [-0.2, -0.15) is 0 Å². The van der Waals surface area contributed by atoms with Crippen LogP contribution >= 0.6 is 0 Å². The molecule has 0 heterocycles. The Labute approximate surface area is 74.9 Å². The Kier molecular flexibility index (Phi) is 15.1. The van der Waals surface area contributed by atoms with Crippen LogP contribution in [0.3, 0.4) is 0 Å². The molecular formula is C8H22N2O2. The second kappa shape index (κ2) is 10.4. The number of unbranched alkanes of at least 4 members (excludes halogenated alkanes) is 1. The van der Waals surface area contributed by atoms with E-state index in [1.165, 1.54) is 0 Å². The summed E-state index contributed by atoms with van der Waals surface area (Å²) in [6, 6.07) is -0.716. The summed E-state index contributed by atoms with van der Waals surface area (Å²) < 4.78 is 0. The Balaban J connectivity index is -0.000000405. The zero-order valence-electron chi connectivity index (χ0n) is 5.92. The lowest BCUT2D eigenvalue weighted by Crippen LogP contribution is -2.29. The molecule has 0 spiro atoms. The molecule has 0 aliphatic carbocycles. The van der Waals surface area contributed by atoms with Gasteiger partial charge in [0.2, 0.25) is 0 Å². The number of nitrogens with two attached hydrogens (primary N) is 2. The average Bonchev–Trinajstić information content (AvgIpc) is 1.88. The van der Waals surface area contributed by atoms with Gasteiger partial charge in [-0.25, -0.2) is 0 Å². The van der Waals surface area contributed by atoms with Crippen LogP contribution in [0.5, 0.6) is 0 Å². The fourth-order valence-corrected chi connectivity index (χ4v) is 0.632. The smallest absolute Gasteiger partial charge is 0.320 e. The molecule has 4 nitrogen and oxygen atoms in total. The molecule has 1 atom stereocenters. The fourth-order valence-electron chi connectivity index (χ4n) is 0.632. The molecule has 0 bridgehead atoms. The van der Waals surface area contributed by atoms with Crippen LogP contribution in [0.2, 0.25) is 0 Å². The van der Waals surface area contributed by atoms with Gasteiger partial charge >= 0.3 is 5.97 Å². The Hall–Kier alpha value is -0.610. The SMILES string of the molecule is C.C.NCCCCC(N)C(=O)O. The van der Waals surface area contributed by atoms with Crippen molar-refractivity contribution in [1.29, 1.82) is 0 Å². The minimum atomic E-state index is -0.933. The number of rotatable bonds is 5. The molecule has 0 aromatic carbocycles. The quantitative estimate of drug-likeness (QED) is 0.543. The van der Waals surface area contributed by atoms with Crippen LogP contribution in [-0.2, 0) is 4.79 Å². The van der Waals surface area contributed by atoms with E-state index in [4.69, 9.17) is 16.6 Å². The highest BCUT2D eigenvalue weighted by Gasteiger charge is 2.09.